The van der Waals surface area contributed by atoms with Gasteiger partial charge in [-0.15, -0.1) is 0 Å². The van der Waals surface area contributed by atoms with Crippen molar-refractivity contribution in [3.63, 3.8) is 0 Å². The highest BCUT2D eigenvalue weighted by molar-refractivity contribution is 5.94. The molecule has 1 aromatic heterocycles. The van der Waals surface area contributed by atoms with Crippen LogP contribution < -0.4 is 16.6 Å². The number of H-pyrrole nitrogens is 2. The molecule has 0 saturated heterocycles. The van der Waals surface area contributed by atoms with Gasteiger partial charge in [0.2, 0.25) is 0 Å². The molecule has 2 aromatic rings. The minimum Gasteiger partial charge on any atom is -0.477 e. The van der Waals surface area contributed by atoms with E-state index in [1.165, 1.54) is 0 Å². The van der Waals surface area contributed by atoms with E-state index in [2.05, 4.69) is 10.3 Å². The maximum absolute atomic E-state index is 11.8. The number of aromatic carboxylic acids is 1. The van der Waals surface area contributed by atoms with Gasteiger partial charge in [0.1, 0.15) is 5.69 Å². The van der Waals surface area contributed by atoms with Crippen molar-refractivity contribution in [3.05, 3.63) is 68.0 Å². The van der Waals surface area contributed by atoms with Crippen LogP contribution in [0.15, 0.2) is 39.9 Å². The van der Waals surface area contributed by atoms with Gasteiger partial charge in [0, 0.05) is 17.7 Å². The molecule has 0 saturated carbocycles. The van der Waals surface area contributed by atoms with Gasteiger partial charge in [-0.3, -0.25) is 14.6 Å². The fourth-order valence-corrected chi connectivity index (χ4v) is 2.25. The Hall–Kier alpha value is -3.16. The summed E-state index contributed by atoms with van der Waals surface area (Å²) < 4.78 is 0. The molecule has 0 spiro atoms. The van der Waals surface area contributed by atoms with Gasteiger partial charge in [-0.1, -0.05) is 18.2 Å². The molecule has 0 aliphatic rings. The second-order valence-corrected chi connectivity index (χ2v) is 5.15. The van der Waals surface area contributed by atoms with Gasteiger partial charge in [-0.2, -0.15) is 0 Å². The summed E-state index contributed by atoms with van der Waals surface area (Å²) in [5.74, 6) is -1.55. The first-order valence-electron chi connectivity index (χ1n) is 7.41. The van der Waals surface area contributed by atoms with Crippen molar-refractivity contribution in [3.8, 4) is 0 Å². The molecule has 4 N–H and O–H groups in total. The van der Waals surface area contributed by atoms with Crippen LogP contribution in [-0.2, 0) is 6.42 Å². The summed E-state index contributed by atoms with van der Waals surface area (Å²) in [6.07, 6.45) is 1.25. The number of hydrogen-bond donors (Lipinski definition) is 4. The maximum atomic E-state index is 11.8. The largest absolute Gasteiger partial charge is 0.477 e. The Kier molecular flexibility index (Phi) is 5.67. The second-order valence-electron chi connectivity index (χ2n) is 5.15. The normalized spacial score (nSPS) is 10.3. The van der Waals surface area contributed by atoms with E-state index in [0.717, 1.165) is 0 Å². The van der Waals surface area contributed by atoms with E-state index in [4.69, 9.17) is 5.11 Å². The molecular weight excluding hydrogens is 314 g/mol. The predicted octanol–water partition coefficient (Wildman–Crippen LogP) is 0.514. The molecule has 24 heavy (non-hydrogen) atoms. The molecule has 1 heterocycles. The van der Waals surface area contributed by atoms with Gasteiger partial charge in [0.05, 0.1) is 0 Å². The topological polar surface area (TPSA) is 132 Å². The minimum atomic E-state index is -1.36. The molecule has 126 valence electrons. The predicted molar refractivity (Wildman–Crippen MR) is 86.4 cm³/mol. The summed E-state index contributed by atoms with van der Waals surface area (Å²) in [5.41, 5.74) is -1.36. The first-order valence-corrected chi connectivity index (χ1v) is 7.41. The van der Waals surface area contributed by atoms with E-state index < -0.39 is 22.9 Å². The zero-order chi connectivity index (χ0) is 17.5. The zero-order valence-electron chi connectivity index (χ0n) is 12.8. The summed E-state index contributed by atoms with van der Waals surface area (Å²) in [5, 5.41) is 11.8. The fourth-order valence-electron chi connectivity index (χ4n) is 2.25. The zero-order valence-corrected chi connectivity index (χ0v) is 12.8. The average Bonchev–Trinajstić information content (AvgIpc) is 2.56. The highest BCUT2D eigenvalue weighted by atomic mass is 16.4. The lowest BCUT2D eigenvalue weighted by Gasteiger charge is -2.06. The Morgan fingerprint density at radius 2 is 1.75 bits per heavy atom. The van der Waals surface area contributed by atoms with Crippen LogP contribution in [0, 0.1) is 0 Å². The monoisotopic (exact) mass is 331 g/mol. The van der Waals surface area contributed by atoms with E-state index in [1.54, 1.807) is 24.3 Å². The lowest BCUT2D eigenvalue weighted by atomic mass is 10.1. The van der Waals surface area contributed by atoms with E-state index in [-0.39, 0.29) is 17.9 Å². The summed E-state index contributed by atoms with van der Waals surface area (Å²) in [7, 11) is 0. The number of aromatic nitrogens is 2. The second kappa shape index (κ2) is 7.91. The lowest BCUT2D eigenvalue weighted by Crippen LogP contribution is -2.30. The van der Waals surface area contributed by atoms with Gasteiger partial charge >= 0.3 is 11.7 Å². The lowest BCUT2D eigenvalue weighted by molar-refractivity contribution is 0.0688. The molecule has 0 aliphatic heterocycles. The van der Waals surface area contributed by atoms with Crippen LogP contribution >= 0.6 is 0 Å². The number of carbonyl (C=O) groups excluding carboxylic acids is 1. The van der Waals surface area contributed by atoms with Gasteiger partial charge in [0.25, 0.3) is 11.5 Å². The fraction of sp³-hybridized carbons (Fsp3) is 0.250. The molecule has 8 nitrogen and oxygen atoms in total. The molecular formula is C16H17N3O5. The van der Waals surface area contributed by atoms with Crippen LogP contribution in [0.1, 0.15) is 39.3 Å². The Morgan fingerprint density at radius 1 is 1.04 bits per heavy atom. The quantitative estimate of drug-likeness (QED) is 0.549. The molecule has 0 aliphatic carbocycles. The summed E-state index contributed by atoms with van der Waals surface area (Å²) in [4.78, 5) is 49.9. The molecule has 8 heteroatoms. The van der Waals surface area contributed by atoms with Gasteiger partial charge in [0.15, 0.2) is 0 Å². The maximum Gasteiger partial charge on any atom is 0.352 e. The van der Waals surface area contributed by atoms with Crippen LogP contribution in [0.5, 0.6) is 0 Å². The van der Waals surface area contributed by atoms with Crippen molar-refractivity contribution in [1.29, 1.82) is 0 Å². The highest BCUT2D eigenvalue weighted by Gasteiger charge is 2.15. The van der Waals surface area contributed by atoms with E-state index >= 15 is 0 Å². The average molecular weight is 331 g/mol. The molecule has 1 aromatic carbocycles. The Balaban J connectivity index is 1.87. The third kappa shape index (κ3) is 4.42. The number of unbranched alkanes of at least 4 members (excludes halogenated alkanes) is 1. The molecule has 0 atom stereocenters. The number of carboxylic acid groups (broad SMARTS) is 1. The smallest absolute Gasteiger partial charge is 0.352 e. The number of carboxylic acids is 1. The van der Waals surface area contributed by atoms with E-state index in [1.807, 2.05) is 11.1 Å². The van der Waals surface area contributed by atoms with E-state index in [9.17, 15) is 19.2 Å². The molecule has 0 fully saturated rings. The summed E-state index contributed by atoms with van der Waals surface area (Å²) >= 11 is 0. The standard InChI is InChI=1S/C16H17N3O5/c20-13(10-6-2-1-3-7-10)17-9-5-4-8-11-12(15(22)23)18-16(24)19-14(11)21/h1-3,6-7H,4-5,8-9H2,(H,17,20)(H,22,23)(H2,18,19,21,24). The Bertz CT molecular complexity index is 839. The number of amides is 1. The van der Waals surface area contributed by atoms with Crippen LogP contribution in [0.2, 0.25) is 0 Å². The van der Waals surface area contributed by atoms with Crippen LogP contribution in [0.25, 0.3) is 0 Å². The number of rotatable bonds is 7. The number of hydrogen-bond acceptors (Lipinski definition) is 4. The van der Waals surface area contributed by atoms with Crippen molar-refractivity contribution in [1.82, 2.24) is 15.3 Å². The molecule has 0 radical (unpaired) electrons. The van der Waals surface area contributed by atoms with Crippen LogP contribution in [0.4, 0.5) is 0 Å². The van der Waals surface area contributed by atoms with E-state index in [0.29, 0.717) is 24.9 Å². The highest BCUT2D eigenvalue weighted by Crippen LogP contribution is 2.04. The third-order valence-corrected chi connectivity index (χ3v) is 3.43. The molecule has 0 bridgehead atoms. The Labute approximate surface area is 136 Å². The van der Waals surface area contributed by atoms with Crippen LogP contribution in [-0.4, -0.2) is 33.5 Å². The summed E-state index contributed by atoms with van der Waals surface area (Å²) in [6, 6.07) is 8.76. The number of nitrogens with one attached hydrogen (secondary N) is 3. The number of aromatic amines is 2. The van der Waals surface area contributed by atoms with Gasteiger partial charge in [-0.05, 0) is 31.4 Å². The SMILES string of the molecule is O=C(NCCCCc1c(C(=O)O)[nH]c(=O)[nH]c1=O)c1ccccc1. The first-order chi connectivity index (χ1) is 11.5. The van der Waals surface area contributed by atoms with Crippen LogP contribution in [0.3, 0.4) is 0 Å². The Morgan fingerprint density at radius 3 is 2.42 bits per heavy atom. The van der Waals surface area contributed by atoms with Crippen molar-refractivity contribution in [2.45, 2.75) is 19.3 Å². The molecule has 0 unspecified atom stereocenters. The van der Waals surface area contributed by atoms with Crippen molar-refractivity contribution >= 4 is 11.9 Å². The minimum absolute atomic E-state index is 0.0245. The molecule has 1 amide bonds. The van der Waals surface area contributed by atoms with Gasteiger partial charge in [-0.25, -0.2) is 9.59 Å². The van der Waals surface area contributed by atoms with Gasteiger partial charge < -0.3 is 15.4 Å². The van der Waals surface area contributed by atoms with Crippen molar-refractivity contribution in [2.75, 3.05) is 6.54 Å². The van der Waals surface area contributed by atoms with Crippen molar-refractivity contribution < 1.29 is 14.7 Å². The molecule has 2 rings (SSSR count). The number of carbonyl (C=O) groups is 2. The first kappa shape index (κ1) is 17.2. The number of benzene rings is 1. The van der Waals surface area contributed by atoms with Crippen molar-refractivity contribution in [2.24, 2.45) is 0 Å². The summed E-state index contributed by atoms with van der Waals surface area (Å²) in [6.45, 7) is 0.400. The third-order valence-electron chi connectivity index (χ3n) is 3.43.